The minimum Gasteiger partial charge on any atom is -0.394 e. The second kappa shape index (κ2) is 10.1. The lowest BCUT2D eigenvalue weighted by Gasteiger charge is -2.30. The predicted molar refractivity (Wildman–Crippen MR) is 93.4 cm³/mol. The molecule has 2 atom stereocenters. The highest BCUT2D eigenvalue weighted by Gasteiger charge is 2.42. The number of aliphatic hydroxyl groups excluding tert-OH is 1. The van der Waals surface area contributed by atoms with E-state index in [9.17, 15) is 24.3 Å². The molecule has 4 amide bonds. The van der Waals surface area contributed by atoms with Crippen LogP contribution in [0.5, 0.6) is 0 Å². The van der Waals surface area contributed by atoms with Crippen molar-refractivity contribution >= 4 is 23.6 Å². The van der Waals surface area contributed by atoms with Crippen LogP contribution in [0.4, 0.5) is 0 Å². The standard InChI is InChI=1S/C16H29N5O5/c1-10(23)19-12(9-22)13(24)20-11(5-4-8-17)14(25)21-16(15(18)26)6-2-3-7-16/h11-12,22H,2-9,17H2,1H3,(H2,18,26)(H,19,23)(H,20,24)(H,21,25)/t11-,12-/m0/s1. The number of nitrogens with two attached hydrogens (primary N) is 2. The second-order valence-corrected chi connectivity index (χ2v) is 6.57. The lowest BCUT2D eigenvalue weighted by atomic mass is 9.95. The first-order chi connectivity index (χ1) is 12.3. The molecule has 10 nitrogen and oxygen atoms in total. The first-order valence-electron chi connectivity index (χ1n) is 8.76. The Morgan fingerprint density at radius 3 is 2.15 bits per heavy atom. The minimum atomic E-state index is -1.17. The second-order valence-electron chi connectivity index (χ2n) is 6.57. The summed E-state index contributed by atoms with van der Waals surface area (Å²) in [5, 5.41) is 16.7. The zero-order chi connectivity index (χ0) is 19.7. The van der Waals surface area contributed by atoms with Crippen molar-refractivity contribution in [3.8, 4) is 0 Å². The summed E-state index contributed by atoms with van der Waals surface area (Å²) in [6, 6.07) is -2.12. The lowest BCUT2D eigenvalue weighted by Crippen LogP contribution is -2.61. The summed E-state index contributed by atoms with van der Waals surface area (Å²) in [5.41, 5.74) is 9.85. The number of carbonyl (C=O) groups excluding carboxylic acids is 4. The van der Waals surface area contributed by atoms with Crippen LogP contribution in [0, 0.1) is 0 Å². The van der Waals surface area contributed by atoms with Crippen molar-refractivity contribution in [3.63, 3.8) is 0 Å². The number of nitrogens with one attached hydrogen (secondary N) is 3. The fourth-order valence-corrected chi connectivity index (χ4v) is 3.04. The minimum absolute atomic E-state index is 0.251. The van der Waals surface area contributed by atoms with E-state index in [4.69, 9.17) is 11.5 Å². The lowest BCUT2D eigenvalue weighted by molar-refractivity contribution is -0.135. The maximum atomic E-state index is 12.7. The maximum absolute atomic E-state index is 12.7. The van der Waals surface area contributed by atoms with E-state index in [1.54, 1.807) is 0 Å². The van der Waals surface area contributed by atoms with E-state index in [0.717, 1.165) is 12.8 Å². The van der Waals surface area contributed by atoms with Gasteiger partial charge in [0.1, 0.15) is 17.6 Å². The molecular weight excluding hydrogens is 342 g/mol. The number of rotatable bonds is 10. The van der Waals surface area contributed by atoms with E-state index in [2.05, 4.69) is 16.0 Å². The number of primary amides is 1. The number of carbonyl (C=O) groups is 4. The summed E-state index contributed by atoms with van der Waals surface area (Å²) in [4.78, 5) is 47.8. The van der Waals surface area contributed by atoms with Crippen LogP contribution in [-0.4, -0.2) is 59.5 Å². The Morgan fingerprint density at radius 1 is 1.08 bits per heavy atom. The first-order valence-corrected chi connectivity index (χ1v) is 8.76. The Kier molecular flexibility index (Phi) is 8.46. The molecule has 26 heavy (non-hydrogen) atoms. The van der Waals surface area contributed by atoms with Gasteiger partial charge < -0.3 is 32.5 Å². The summed E-state index contributed by atoms with van der Waals surface area (Å²) in [6.07, 6.45) is 3.18. The van der Waals surface area contributed by atoms with E-state index >= 15 is 0 Å². The quantitative estimate of drug-likeness (QED) is 0.250. The van der Waals surface area contributed by atoms with E-state index in [-0.39, 0.29) is 6.42 Å². The van der Waals surface area contributed by atoms with E-state index in [1.165, 1.54) is 6.92 Å². The maximum Gasteiger partial charge on any atom is 0.245 e. The molecule has 1 aliphatic carbocycles. The molecule has 0 radical (unpaired) electrons. The number of hydrogen-bond donors (Lipinski definition) is 6. The molecule has 0 heterocycles. The molecule has 10 heteroatoms. The third-order valence-electron chi connectivity index (χ3n) is 4.50. The fraction of sp³-hybridized carbons (Fsp3) is 0.750. The van der Waals surface area contributed by atoms with E-state index in [1.807, 2.05) is 0 Å². The Hall–Kier alpha value is -2.20. The normalized spacial score (nSPS) is 17.8. The van der Waals surface area contributed by atoms with Gasteiger partial charge in [-0.15, -0.1) is 0 Å². The monoisotopic (exact) mass is 371 g/mol. The third kappa shape index (κ3) is 5.95. The highest BCUT2D eigenvalue weighted by Crippen LogP contribution is 2.29. The van der Waals surface area contributed by atoms with Crippen LogP contribution in [0.2, 0.25) is 0 Å². The largest absolute Gasteiger partial charge is 0.394 e. The molecule has 148 valence electrons. The van der Waals surface area contributed by atoms with Crippen molar-refractivity contribution in [3.05, 3.63) is 0 Å². The molecule has 1 rings (SSSR count). The van der Waals surface area contributed by atoms with Crippen molar-refractivity contribution in [2.24, 2.45) is 11.5 Å². The smallest absolute Gasteiger partial charge is 0.245 e. The van der Waals surface area contributed by atoms with Crippen molar-refractivity contribution in [2.75, 3.05) is 13.2 Å². The molecule has 0 spiro atoms. The molecule has 0 saturated heterocycles. The topological polar surface area (TPSA) is 177 Å². The molecule has 0 aromatic carbocycles. The third-order valence-corrected chi connectivity index (χ3v) is 4.50. The van der Waals surface area contributed by atoms with Crippen molar-refractivity contribution < 1.29 is 24.3 Å². The predicted octanol–water partition coefficient (Wildman–Crippen LogP) is -2.38. The van der Waals surface area contributed by atoms with Gasteiger partial charge in [0.15, 0.2) is 0 Å². The molecule has 1 saturated carbocycles. The van der Waals surface area contributed by atoms with Gasteiger partial charge in [-0.1, -0.05) is 12.8 Å². The summed E-state index contributed by atoms with van der Waals surface area (Å²) in [5.74, 6) is -2.31. The highest BCUT2D eigenvalue weighted by atomic mass is 16.3. The molecule has 0 aromatic rings. The molecule has 0 aliphatic heterocycles. The van der Waals surface area contributed by atoms with E-state index in [0.29, 0.717) is 25.8 Å². The van der Waals surface area contributed by atoms with Crippen LogP contribution in [0.1, 0.15) is 45.4 Å². The average molecular weight is 371 g/mol. The average Bonchev–Trinajstić information content (AvgIpc) is 3.05. The van der Waals surface area contributed by atoms with Crippen molar-refractivity contribution in [2.45, 2.75) is 63.1 Å². The van der Waals surface area contributed by atoms with Gasteiger partial charge in [0.25, 0.3) is 0 Å². The van der Waals surface area contributed by atoms with Gasteiger partial charge in [-0.3, -0.25) is 19.2 Å². The van der Waals surface area contributed by atoms with Gasteiger partial charge in [0.05, 0.1) is 6.61 Å². The van der Waals surface area contributed by atoms with Crippen LogP contribution >= 0.6 is 0 Å². The van der Waals surface area contributed by atoms with Gasteiger partial charge in [0.2, 0.25) is 23.6 Å². The number of amides is 4. The van der Waals surface area contributed by atoms with Crippen LogP contribution in [0.25, 0.3) is 0 Å². The molecule has 1 aliphatic rings. The molecule has 0 bridgehead atoms. The summed E-state index contributed by atoms with van der Waals surface area (Å²) < 4.78 is 0. The Labute approximate surface area is 152 Å². The van der Waals surface area contributed by atoms with Crippen LogP contribution in [0.15, 0.2) is 0 Å². The first kappa shape index (κ1) is 21.8. The van der Waals surface area contributed by atoms with Gasteiger partial charge >= 0.3 is 0 Å². The van der Waals surface area contributed by atoms with Gasteiger partial charge in [-0.2, -0.15) is 0 Å². The van der Waals surface area contributed by atoms with Gasteiger partial charge in [0, 0.05) is 6.92 Å². The summed E-state index contributed by atoms with van der Waals surface area (Å²) in [6.45, 7) is 0.920. The summed E-state index contributed by atoms with van der Waals surface area (Å²) in [7, 11) is 0. The van der Waals surface area contributed by atoms with Crippen molar-refractivity contribution in [1.29, 1.82) is 0 Å². The van der Waals surface area contributed by atoms with Crippen LogP contribution in [-0.2, 0) is 19.2 Å². The molecule has 1 fully saturated rings. The zero-order valence-electron chi connectivity index (χ0n) is 15.0. The highest BCUT2D eigenvalue weighted by molar-refractivity contribution is 5.95. The zero-order valence-corrected chi connectivity index (χ0v) is 15.0. The Bertz CT molecular complexity index is 533. The van der Waals surface area contributed by atoms with Gasteiger partial charge in [-0.25, -0.2) is 0 Å². The SMILES string of the molecule is CC(=O)N[C@@H](CO)C(=O)N[C@@H](CCCN)C(=O)NC1(C(N)=O)CCCC1. The molecule has 8 N–H and O–H groups in total. The molecule has 0 aromatic heterocycles. The van der Waals surface area contributed by atoms with Crippen molar-refractivity contribution in [1.82, 2.24) is 16.0 Å². The van der Waals surface area contributed by atoms with Crippen LogP contribution < -0.4 is 27.4 Å². The van der Waals surface area contributed by atoms with E-state index < -0.39 is 47.9 Å². The Morgan fingerprint density at radius 2 is 1.69 bits per heavy atom. The summed E-state index contributed by atoms with van der Waals surface area (Å²) >= 11 is 0. The molecular formula is C16H29N5O5. The number of aliphatic hydroxyl groups is 1. The Balaban J connectivity index is 2.84. The fourth-order valence-electron chi connectivity index (χ4n) is 3.04. The molecule has 0 unspecified atom stereocenters. The number of hydrogen-bond acceptors (Lipinski definition) is 6. The van der Waals surface area contributed by atoms with Gasteiger partial charge in [-0.05, 0) is 32.2 Å². The van der Waals surface area contributed by atoms with Crippen LogP contribution in [0.3, 0.4) is 0 Å².